The maximum absolute atomic E-state index is 10.1. The fourth-order valence-electron chi connectivity index (χ4n) is 1.99. The minimum Gasteiger partial charge on any atom is -0.454 e. The van der Waals surface area contributed by atoms with Crippen LogP contribution in [0.25, 0.3) is 0 Å². The van der Waals surface area contributed by atoms with Crippen molar-refractivity contribution in [2.75, 3.05) is 6.79 Å². The standard InChI is InChI=1S/C13H18BrNO3.ClH/c1-2-3-4-10(16)13(15)8-5-11-12(6-9(8)14)18-7-17-11;/h5-6,10,13,16H,2-4,7,15H2,1H3;1H/t10-,13+;/m1./s1. The largest absolute Gasteiger partial charge is 0.454 e. The van der Waals surface area contributed by atoms with Crippen LogP contribution in [0.1, 0.15) is 37.8 Å². The zero-order valence-corrected chi connectivity index (χ0v) is 13.2. The van der Waals surface area contributed by atoms with E-state index in [1.54, 1.807) is 0 Å². The van der Waals surface area contributed by atoms with Crippen LogP contribution in [-0.2, 0) is 0 Å². The smallest absolute Gasteiger partial charge is 0.231 e. The molecule has 1 heterocycles. The van der Waals surface area contributed by atoms with Gasteiger partial charge in [-0.25, -0.2) is 0 Å². The molecule has 4 nitrogen and oxygen atoms in total. The Morgan fingerprint density at radius 1 is 1.37 bits per heavy atom. The minimum absolute atomic E-state index is 0. The number of nitrogens with two attached hydrogens (primary N) is 1. The number of aliphatic hydroxyl groups is 1. The molecule has 0 aromatic heterocycles. The van der Waals surface area contributed by atoms with Gasteiger partial charge in [-0.3, -0.25) is 0 Å². The van der Waals surface area contributed by atoms with Gasteiger partial charge in [0, 0.05) is 4.47 Å². The second-order valence-corrected chi connectivity index (χ2v) is 5.32. The summed E-state index contributed by atoms with van der Waals surface area (Å²) in [4.78, 5) is 0. The molecule has 0 amide bonds. The molecule has 6 heteroatoms. The van der Waals surface area contributed by atoms with Crippen molar-refractivity contribution in [1.82, 2.24) is 0 Å². The van der Waals surface area contributed by atoms with E-state index < -0.39 is 12.1 Å². The van der Waals surface area contributed by atoms with Crippen molar-refractivity contribution in [3.8, 4) is 11.5 Å². The van der Waals surface area contributed by atoms with Crippen LogP contribution in [0.2, 0.25) is 0 Å². The molecule has 1 aliphatic rings. The van der Waals surface area contributed by atoms with Crippen LogP contribution < -0.4 is 15.2 Å². The number of rotatable bonds is 5. The van der Waals surface area contributed by atoms with E-state index in [1.165, 1.54) is 0 Å². The zero-order valence-electron chi connectivity index (χ0n) is 10.8. The lowest BCUT2D eigenvalue weighted by Crippen LogP contribution is -2.26. The van der Waals surface area contributed by atoms with Gasteiger partial charge in [-0.1, -0.05) is 35.7 Å². The Morgan fingerprint density at radius 2 is 2.00 bits per heavy atom. The van der Waals surface area contributed by atoms with Gasteiger partial charge < -0.3 is 20.3 Å². The summed E-state index contributed by atoms with van der Waals surface area (Å²) < 4.78 is 11.5. The number of aliphatic hydroxyl groups excluding tert-OH is 1. The summed E-state index contributed by atoms with van der Waals surface area (Å²) in [5.74, 6) is 1.40. The quantitative estimate of drug-likeness (QED) is 0.854. The average molecular weight is 353 g/mol. The van der Waals surface area contributed by atoms with Crippen LogP contribution in [0.15, 0.2) is 16.6 Å². The molecule has 0 saturated heterocycles. The van der Waals surface area contributed by atoms with Crippen molar-refractivity contribution in [2.24, 2.45) is 5.73 Å². The summed E-state index contributed by atoms with van der Waals surface area (Å²) >= 11 is 3.46. The lowest BCUT2D eigenvalue weighted by atomic mass is 9.98. The van der Waals surface area contributed by atoms with Gasteiger partial charge in [0.1, 0.15) is 0 Å². The second kappa shape index (κ2) is 7.33. The number of fused-ring (bicyclic) bond motifs is 1. The molecule has 0 saturated carbocycles. The van der Waals surface area contributed by atoms with Gasteiger partial charge in [0.05, 0.1) is 12.1 Å². The molecule has 0 spiro atoms. The van der Waals surface area contributed by atoms with Crippen molar-refractivity contribution in [3.05, 3.63) is 22.2 Å². The van der Waals surface area contributed by atoms with Crippen LogP contribution in [0.3, 0.4) is 0 Å². The van der Waals surface area contributed by atoms with E-state index in [0.717, 1.165) is 22.9 Å². The summed E-state index contributed by atoms with van der Waals surface area (Å²) in [5.41, 5.74) is 6.95. The first kappa shape index (κ1) is 16.6. The van der Waals surface area contributed by atoms with Gasteiger partial charge in [-0.2, -0.15) is 0 Å². The minimum atomic E-state index is -0.540. The third-order valence-electron chi connectivity index (χ3n) is 3.12. The summed E-state index contributed by atoms with van der Waals surface area (Å²) in [6, 6.07) is 3.26. The maximum Gasteiger partial charge on any atom is 0.231 e. The van der Waals surface area contributed by atoms with E-state index >= 15 is 0 Å². The lowest BCUT2D eigenvalue weighted by molar-refractivity contribution is 0.132. The summed E-state index contributed by atoms with van der Waals surface area (Å²) in [6.07, 6.45) is 2.18. The molecule has 1 aromatic rings. The van der Waals surface area contributed by atoms with Crippen LogP contribution >= 0.6 is 28.3 Å². The molecule has 0 aliphatic carbocycles. The number of hydrogen-bond acceptors (Lipinski definition) is 4. The van der Waals surface area contributed by atoms with E-state index in [0.29, 0.717) is 17.9 Å². The topological polar surface area (TPSA) is 64.7 Å². The third kappa shape index (κ3) is 3.75. The molecule has 1 aliphatic heterocycles. The Kier molecular flexibility index (Phi) is 6.39. The number of hydrogen-bond donors (Lipinski definition) is 2. The molecule has 0 fully saturated rings. The number of ether oxygens (including phenoxy) is 2. The first-order valence-electron chi connectivity index (χ1n) is 6.16. The highest BCUT2D eigenvalue weighted by molar-refractivity contribution is 9.10. The number of halogens is 2. The van der Waals surface area contributed by atoms with Crippen LogP contribution in [-0.4, -0.2) is 18.0 Å². The SMILES string of the molecule is CCCC[C@@H](O)[C@@H](N)c1cc2c(cc1Br)OCO2.Cl. The molecule has 2 rings (SSSR count). The first-order valence-corrected chi connectivity index (χ1v) is 6.95. The zero-order chi connectivity index (χ0) is 13.1. The number of unbranched alkanes of at least 4 members (excludes halogenated alkanes) is 1. The summed E-state index contributed by atoms with van der Waals surface area (Å²) in [6.45, 7) is 2.33. The maximum atomic E-state index is 10.1. The van der Waals surface area contributed by atoms with E-state index in [-0.39, 0.29) is 19.2 Å². The number of benzene rings is 1. The van der Waals surface area contributed by atoms with Crippen LogP contribution in [0.4, 0.5) is 0 Å². The van der Waals surface area contributed by atoms with E-state index in [9.17, 15) is 5.11 Å². The Balaban J connectivity index is 0.00000180. The molecule has 19 heavy (non-hydrogen) atoms. The molecule has 0 unspecified atom stereocenters. The van der Waals surface area contributed by atoms with Crippen LogP contribution in [0.5, 0.6) is 11.5 Å². The summed E-state index contributed by atoms with van der Waals surface area (Å²) in [7, 11) is 0. The molecule has 108 valence electrons. The molecule has 2 atom stereocenters. The highest BCUT2D eigenvalue weighted by Gasteiger charge is 2.23. The van der Waals surface area contributed by atoms with Gasteiger partial charge in [0.2, 0.25) is 6.79 Å². The van der Waals surface area contributed by atoms with Gasteiger partial charge in [-0.05, 0) is 24.1 Å². The van der Waals surface area contributed by atoms with Gasteiger partial charge in [0.25, 0.3) is 0 Å². The van der Waals surface area contributed by atoms with Crippen molar-refractivity contribution < 1.29 is 14.6 Å². The fourth-order valence-corrected chi connectivity index (χ4v) is 2.58. The van der Waals surface area contributed by atoms with Crippen molar-refractivity contribution in [2.45, 2.75) is 38.3 Å². The van der Waals surface area contributed by atoms with Gasteiger partial charge in [-0.15, -0.1) is 12.4 Å². The van der Waals surface area contributed by atoms with Crippen molar-refractivity contribution >= 4 is 28.3 Å². The monoisotopic (exact) mass is 351 g/mol. The lowest BCUT2D eigenvalue weighted by Gasteiger charge is -2.20. The van der Waals surface area contributed by atoms with E-state index in [4.69, 9.17) is 15.2 Å². The van der Waals surface area contributed by atoms with Crippen molar-refractivity contribution in [3.63, 3.8) is 0 Å². The fraction of sp³-hybridized carbons (Fsp3) is 0.538. The molecule has 0 radical (unpaired) electrons. The Morgan fingerprint density at radius 3 is 2.63 bits per heavy atom. The van der Waals surface area contributed by atoms with Gasteiger partial charge in [0.15, 0.2) is 11.5 Å². The predicted molar refractivity (Wildman–Crippen MR) is 80.0 cm³/mol. The Bertz CT molecular complexity index is 431. The summed E-state index contributed by atoms with van der Waals surface area (Å²) in [5, 5.41) is 10.1. The molecular weight excluding hydrogens is 334 g/mol. The van der Waals surface area contributed by atoms with E-state index in [1.807, 2.05) is 12.1 Å². The van der Waals surface area contributed by atoms with Gasteiger partial charge >= 0.3 is 0 Å². The van der Waals surface area contributed by atoms with Crippen molar-refractivity contribution in [1.29, 1.82) is 0 Å². The molecule has 1 aromatic carbocycles. The first-order chi connectivity index (χ1) is 8.63. The highest BCUT2D eigenvalue weighted by atomic mass is 79.9. The average Bonchev–Trinajstić information content (AvgIpc) is 2.81. The molecular formula is C13H19BrClNO3. The van der Waals surface area contributed by atoms with E-state index in [2.05, 4.69) is 22.9 Å². The Labute approximate surface area is 127 Å². The second-order valence-electron chi connectivity index (χ2n) is 4.46. The highest BCUT2D eigenvalue weighted by Crippen LogP contribution is 2.39. The Hall–Kier alpha value is -0.490. The third-order valence-corrected chi connectivity index (χ3v) is 3.81. The molecule has 0 bridgehead atoms. The van der Waals surface area contributed by atoms with Crippen LogP contribution in [0, 0.1) is 0 Å². The molecule has 3 N–H and O–H groups in total. The predicted octanol–water partition coefficient (Wildman–Crippen LogP) is 3.15. The normalized spacial score (nSPS) is 15.8.